The number of piperidine rings is 1. The van der Waals surface area contributed by atoms with Crippen molar-refractivity contribution < 1.29 is 19.1 Å². The van der Waals surface area contributed by atoms with Crippen molar-refractivity contribution in [2.45, 2.75) is 57.3 Å². The van der Waals surface area contributed by atoms with Crippen molar-refractivity contribution in [2.24, 2.45) is 0 Å². The number of carbonyl (C=O) groups is 3. The number of aromatic nitrogens is 1. The summed E-state index contributed by atoms with van der Waals surface area (Å²) in [4.78, 5) is 47.7. The largest absolute Gasteiger partial charge is 0.442 e. The maximum atomic E-state index is 13.5. The molecule has 6 rings (SSSR count). The zero-order valence-electron chi connectivity index (χ0n) is 20.5. The Morgan fingerprint density at radius 3 is 2.67 bits per heavy atom. The Morgan fingerprint density at radius 2 is 1.89 bits per heavy atom. The summed E-state index contributed by atoms with van der Waals surface area (Å²) in [6.07, 6.45) is 4.33. The molecule has 2 saturated heterocycles. The van der Waals surface area contributed by atoms with Crippen LogP contribution >= 0.6 is 0 Å². The highest BCUT2D eigenvalue weighted by Gasteiger charge is 2.45. The maximum absolute atomic E-state index is 13.5. The lowest BCUT2D eigenvalue weighted by Gasteiger charge is -2.34. The number of anilines is 1. The van der Waals surface area contributed by atoms with E-state index in [1.54, 1.807) is 18.0 Å². The fraction of sp³-hybridized carbons (Fsp3) is 0.481. The van der Waals surface area contributed by atoms with Crippen LogP contribution in [0.15, 0.2) is 36.5 Å². The average Bonchev–Trinajstić information content (AvgIpc) is 3.19. The third-order valence-electron chi connectivity index (χ3n) is 8.05. The number of nitrogens with one attached hydrogen (secondary N) is 1. The molecule has 9 nitrogen and oxygen atoms in total. The van der Waals surface area contributed by atoms with Gasteiger partial charge in [0, 0.05) is 50.9 Å². The molecule has 0 radical (unpaired) electrons. The summed E-state index contributed by atoms with van der Waals surface area (Å²) < 4.78 is 5.77. The summed E-state index contributed by atoms with van der Waals surface area (Å²) in [7, 11) is 0. The molecule has 0 aliphatic carbocycles. The SMILES string of the molecule is CC(=O)N1CCC(Nc2cc3c(cn2)CCN(CC2OC(=O)N4Cc5ccccc5C[C@@H]24)C3=O)CC1. The van der Waals surface area contributed by atoms with Crippen LogP contribution in [0.2, 0.25) is 0 Å². The minimum absolute atomic E-state index is 0.0428. The van der Waals surface area contributed by atoms with E-state index in [2.05, 4.69) is 22.4 Å². The molecule has 0 spiro atoms. The van der Waals surface area contributed by atoms with Crippen LogP contribution in [0.4, 0.5) is 10.6 Å². The minimum atomic E-state index is -0.345. The molecule has 3 amide bonds. The number of fused-ring (bicyclic) bond motifs is 3. The minimum Gasteiger partial charge on any atom is -0.442 e. The molecule has 36 heavy (non-hydrogen) atoms. The highest BCUT2D eigenvalue weighted by atomic mass is 16.6. The molecule has 1 unspecified atom stereocenters. The number of benzene rings is 1. The van der Waals surface area contributed by atoms with Gasteiger partial charge in [0.05, 0.1) is 12.6 Å². The highest BCUT2D eigenvalue weighted by molar-refractivity contribution is 5.97. The zero-order chi connectivity index (χ0) is 24.8. The lowest BCUT2D eigenvalue weighted by atomic mass is 9.91. The van der Waals surface area contributed by atoms with Crippen LogP contribution in [0.3, 0.4) is 0 Å². The normalized spacial score (nSPS) is 23.6. The number of rotatable bonds is 4. The van der Waals surface area contributed by atoms with E-state index in [1.165, 1.54) is 5.56 Å². The molecular weight excluding hydrogens is 458 g/mol. The van der Waals surface area contributed by atoms with Gasteiger partial charge >= 0.3 is 6.09 Å². The van der Waals surface area contributed by atoms with Crippen LogP contribution in [0, 0.1) is 0 Å². The molecule has 0 bridgehead atoms. The molecule has 2 atom stereocenters. The summed E-state index contributed by atoms with van der Waals surface area (Å²) in [6.45, 7) is 4.59. The summed E-state index contributed by atoms with van der Waals surface area (Å²) in [5.74, 6) is 0.755. The second kappa shape index (κ2) is 9.11. The number of ether oxygens (including phenoxy) is 1. The third-order valence-corrected chi connectivity index (χ3v) is 8.05. The van der Waals surface area contributed by atoms with E-state index < -0.39 is 0 Å². The number of cyclic esters (lactones) is 1. The maximum Gasteiger partial charge on any atom is 0.410 e. The van der Waals surface area contributed by atoms with Crippen molar-refractivity contribution in [3.05, 3.63) is 58.8 Å². The monoisotopic (exact) mass is 489 g/mol. The van der Waals surface area contributed by atoms with Gasteiger partial charge in [0.1, 0.15) is 11.9 Å². The van der Waals surface area contributed by atoms with E-state index in [9.17, 15) is 14.4 Å². The summed E-state index contributed by atoms with van der Waals surface area (Å²) in [5.41, 5.74) is 4.02. The van der Waals surface area contributed by atoms with Crippen LogP contribution in [-0.2, 0) is 28.9 Å². The quantitative estimate of drug-likeness (QED) is 0.709. The molecule has 5 heterocycles. The highest BCUT2D eigenvalue weighted by Crippen LogP contribution is 2.32. The standard InChI is InChI=1S/C27H31N5O4/c1-17(33)30-10-7-21(8-11-30)29-25-13-22-19(14-28-25)6-9-31(26(22)34)16-24-23-12-18-4-2-3-5-20(18)15-32(23)27(35)36-24/h2-5,13-14,21,23-24H,6-12,15-16H2,1H3,(H,28,29)/t23-,24?/m0/s1. The van der Waals surface area contributed by atoms with E-state index in [0.29, 0.717) is 31.0 Å². The van der Waals surface area contributed by atoms with Crippen LogP contribution in [0.25, 0.3) is 0 Å². The summed E-state index contributed by atoms with van der Waals surface area (Å²) in [6, 6.07) is 10.2. The first kappa shape index (κ1) is 22.8. The Bertz CT molecular complexity index is 1210. The first-order valence-corrected chi connectivity index (χ1v) is 12.8. The van der Waals surface area contributed by atoms with E-state index >= 15 is 0 Å². The number of nitrogens with zero attached hydrogens (tertiary/aromatic N) is 4. The summed E-state index contributed by atoms with van der Waals surface area (Å²) >= 11 is 0. The van der Waals surface area contributed by atoms with Crippen LogP contribution in [-0.4, -0.2) is 82.0 Å². The Kier molecular flexibility index (Phi) is 5.78. The van der Waals surface area contributed by atoms with E-state index in [4.69, 9.17) is 4.74 Å². The number of hydrogen-bond acceptors (Lipinski definition) is 6. The molecule has 4 aliphatic rings. The molecule has 188 valence electrons. The van der Waals surface area contributed by atoms with Gasteiger partial charge in [0.2, 0.25) is 5.91 Å². The van der Waals surface area contributed by atoms with Crippen molar-refractivity contribution in [3.63, 3.8) is 0 Å². The molecule has 1 aromatic carbocycles. The van der Waals surface area contributed by atoms with Crippen molar-refractivity contribution in [1.82, 2.24) is 19.7 Å². The first-order valence-electron chi connectivity index (χ1n) is 12.8. The smallest absolute Gasteiger partial charge is 0.410 e. The van der Waals surface area contributed by atoms with Crippen molar-refractivity contribution in [2.75, 3.05) is 31.5 Å². The lowest BCUT2D eigenvalue weighted by molar-refractivity contribution is -0.129. The summed E-state index contributed by atoms with van der Waals surface area (Å²) in [5, 5.41) is 3.46. The Balaban J connectivity index is 1.13. The van der Waals surface area contributed by atoms with Crippen molar-refractivity contribution in [1.29, 1.82) is 0 Å². The molecule has 1 N–H and O–H groups in total. The van der Waals surface area contributed by atoms with Crippen LogP contribution in [0.1, 0.15) is 46.8 Å². The molecule has 9 heteroatoms. The van der Waals surface area contributed by atoms with Gasteiger partial charge in [-0.2, -0.15) is 0 Å². The Labute approximate surface area is 210 Å². The van der Waals surface area contributed by atoms with E-state index in [0.717, 1.165) is 49.9 Å². The lowest BCUT2D eigenvalue weighted by Crippen LogP contribution is -2.48. The van der Waals surface area contributed by atoms with Crippen molar-refractivity contribution >= 4 is 23.7 Å². The second-order valence-electron chi connectivity index (χ2n) is 10.2. The van der Waals surface area contributed by atoms with Gasteiger partial charge in [-0.15, -0.1) is 0 Å². The van der Waals surface area contributed by atoms with Gasteiger partial charge in [-0.05, 0) is 48.4 Å². The van der Waals surface area contributed by atoms with Gasteiger partial charge in [-0.25, -0.2) is 9.78 Å². The number of likely N-dealkylation sites (tertiary alicyclic amines) is 1. The van der Waals surface area contributed by atoms with Gasteiger partial charge in [-0.3, -0.25) is 14.5 Å². The van der Waals surface area contributed by atoms with Gasteiger partial charge in [0.15, 0.2) is 0 Å². The zero-order valence-corrected chi connectivity index (χ0v) is 20.5. The van der Waals surface area contributed by atoms with Gasteiger partial charge in [0.25, 0.3) is 5.91 Å². The topological polar surface area (TPSA) is 95.1 Å². The van der Waals surface area contributed by atoms with Gasteiger partial charge < -0.3 is 19.9 Å². The number of hydrogen-bond donors (Lipinski definition) is 1. The van der Waals surface area contributed by atoms with Crippen LogP contribution < -0.4 is 5.32 Å². The number of pyridine rings is 1. The Hall–Kier alpha value is -3.62. The van der Waals surface area contributed by atoms with E-state index in [1.807, 2.05) is 28.0 Å². The molecular formula is C27H31N5O4. The Morgan fingerprint density at radius 1 is 1.11 bits per heavy atom. The molecule has 1 aromatic heterocycles. The molecule has 4 aliphatic heterocycles. The van der Waals surface area contributed by atoms with Crippen LogP contribution in [0.5, 0.6) is 0 Å². The van der Waals surface area contributed by atoms with E-state index in [-0.39, 0.29) is 36.1 Å². The second-order valence-corrected chi connectivity index (χ2v) is 10.2. The fourth-order valence-electron chi connectivity index (χ4n) is 5.94. The molecule has 2 aromatic rings. The predicted molar refractivity (Wildman–Crippen MR) is 132 cm³/mol. The average molecular weight is 490 g/mol. The number of amides is 3. The first-order chi connectivity index (χ1) is 17.5. The predicted octanol–water partition coefficient (Wildman–Crippen LogP) is 2.45. The fourth-order valence-corrected chi connectivity index (χ4v) is 5.94. The molecule has 0 saturated carbocycles. The van der Waals surface area contributed by atoms with Crippen molar-refractivity contribution in [3.8, 4) is 0 Å². The third kappa shape index (κ3) is 4.16. The number of carbonyl (C=O) groups excluding carboxylic acids is 3. The molecule has 2 fully saturated rings. The van der Waals surface area contributed by atoms with Gasteiger partial charge in [-0.1, -0.05) is 24.3 Å².